The van der Waals surface area contributed by atoms with Crippen molar-refractivity contribution in [2.24, 2.45) is 0 Å². The van der Waals surface area contributed by atoms with Crippen molar-refractivity contribution in [3.63, 3.8) is 0 Å². The molecule has 0 aromatic heterocycles. The van der Waals surface area contributed by atoms with Gasteiger partial charge in [-0.2, -0.15) is 0 Å². The van der Waals surface area contributed by atoms with Crippen molar-refractivity contribution in [1.82, 2.24) is 0 Å². The van der Waals surface area contributed by atoms with E-state index in [9.17, 15) is 19.8 Å². The molecule has 0 fully saturated rings. The van der Waals surface area contributed by atoms with Gasteiger partial charge in [-0.25, -0.2) is 0 Å². The molecule has 21 heavy (non-hydrogen) atoms. The van der Waals surface area contributed by atoms with Gasteiger partial charge in [0.1, 0.15) is 11.5 Å². The second-order valence-corrected chi connectivity index (χ2v) is 5.68. The third-order valence-electron chi connectivity index (χ3n) is 4.57. The van der Waals surface area contributed by atoms with Crippen LogP contribution in [0.25, 0.3) is 0 Å². The van der Waals surface area contributed by atoms with Crippen molar-refractivity contribution < 1.29 is 19.8 Å². The van der Waals surface area contributed by atoms with Gasteiger partial charge in [0.2, 0.25) is 0 Å². The third-order valence-corrected chi connectivity index (χ3v) is 4.57. The van der Waals surface area contributed by atoms with Crippen LogP contribution in [-0.4, -0.2) is 21.8 Å². The highest BCUT2D eigenvalue weighted by Crippen LogP contribution is 2.56. The molecule has 104 valence electrons. The first-order valence-electron chi connectivity index (χ1n) is 6.76. The molecule has 4 nitrogen and oxygen atoms in total. The Morgan fingerprint density at radius 2 is 1.19 bits per heavy atom. The summed E-state index contributed by atoms with van der Waals surface area (Å²) in [6.07, 6.45) is 0.215. The lowest BCUT2D eigenvalue weighted by Gasteiger charge is -2.25. The van der Waals surface area contributed by atoms with E-state index in [1.807, 2.05) is 0 Å². The number of hydrogen-bond acceptors (Lipinski definition) is 4. The minimum atomic E-state index is -0.921. The zero-order chi connectivity index (χ0) is 14.8. The normalized spacial score (nSPS) is 18.1. The van der Waals surface area contributed by atoms with Crippen molar-refractivity contribution in [2.75, 3.05) is 0 Å². The Balaban J connectivity index is 2.11. The van der Waals surface area contributed by atoms with Crippen LogP contribution in [-0.2, 0) is 5.41 Å². The predicted molar refractivity (Wildman–Crippen MR) is 74.9 cm³/mol. The summed E-state index contributed by atoms with van der Waals surface area (Å²) in [5.74, 6) is -0.209. The average Bonchev–Trinajstić information content (AvgIpc) is 2.88. The molecule has 0 aliphatic heterocycles. The van der Waals surface area contributed by atoms with Crippen LogP contribution in [0.15, 0.2) is 36.4 Å². The van der Waals surface area contributed by atoms with E-state index in [1.54, 1.807) is 24.3 Å². The number of ketones is 2. The van der Waals surface area contributed by atoms with Gasteiger partial charge in [-0.1, -0.05) is 24.3 Å². The third kappa shape index (κ3) is 1.34. The van der Waals surface area contributed by atoms with Gasteiger partial charge in [0.25, 0.3) is 0 Å². The number of phenolic OH excluding ortho intramolecular Hbond substituents is 2. The molecule has 2 aliphatic rings. The van der Waals surface area contributed by atoms with E-state index >= 15 is 0 Å². The van der Waals surface area contributed by atoms with Crippen LogP contribution in [0.5, 0.6) is 11.5 Å². The summed E-state index contributed by atoms with van der Waals surface area (Å²) in [6.45, 7) is 0. The molecule has 4 heteroatoms. The minimum Gasteiger partial charge on any atom is -0.508 e. The van der Waals surface area contributed by atoms with E-state index in [0.29, 0.717) is 22.3 Å². The van der Waals surface area contributed by atoms with E-state index in [1.165, 1.54) is 12.1 Å². The molecule has 0 bridgehead atoms. The minimum absolute atomic E-state index is 0.00209. The fourth-order valence-electron chi connectivity index (χ4n) is 3.83. The summed E-state index contributed by atoms with van der Waals surface area (Å²) < 4.78 is 0. The Bertz CT molecular complexity index is 750. The van der Waals surface area contributed by atoms with Gasteiger partial charge in [-0.05, 0) is 12.1 Å². The second kappa shape index (κ2) is 3.73. The highest BCUT2D eigenvalue weighted by atomic mass is 16.3. The van der Waals surface area contributed by atoms with Crippen molar-refractivity contribution in [1.29, 1.82) is 0 Å². The molecule has 0 heterocycles. The maximum atomic E-state index is 12.3. The van der Waals surface area contributed by atoms with Crippen molar-refractivity contribution in [3.8, 4) is 11.5 Å². The van der Waals surface area contributed by atoms with Crippen LogP contribution in [0, 0.1) is 0 Å². The van der Waals surface area contributed by atoms with Crippen LogP contribution >= 0.6 is 0 Å². The highest BCUT2D eigenvalue weighted by molar-refractivity contribution is 6.10. The summed E-state index contributed by atoms with van der Waals surface area (Å²) in [4.78, 5) is 24.6. The number of benzene rings is 2. The molecule has 2 aromatic carbocycles. The first-order chi connectivity index (χ1) is 10.0. The first-order valence-corrected chi connectivity index (χ1v) is 6.76. The molecular formula is C17H12O4. The number of phenols is 2. The fourth-order valence-corrected chi connectivity index (χ4v) is 3.83. The Labute approximate surface area is 120 Å². The molecule has 2 aromatic rings. The Morgan fingerprint density at radius 3 is 1.62 bits per heavy atom. The number of fused-ring (bicyclic) bond motifs is 4. The monoisotopic (exact) mass is 280 g/mol. The van der Waals surface area contributed by atoms with Crippen molar-refractivity contribution in [2.45, 2.75) is 18.3 Å². The average molecular weight is 280 g/mol. The quantitative estimate of drug-likeness (QED) is 0.777. The standard InChI is InChI=1S/C17H12O4/c18-11-5-1-3-9-13(20)7-17(15(9)11)8-14(21)10-4-2-6-12(19)16(10)17/h1-6,18-19H,7-8H2. The molecule has 4 rings (SSSR count). The van der Waals surface area contributed by atoms with Crippen LogP contribution in [0.2, 0.25) is 0 Å². The molecule has 0 unspecified atom stereocenters. The lowest BCUT2D eigenvalue weighted by Crippen LogP contribution is -2.22. The van der Waals surface area contributed by atoms with E-state index in [2.05, 4.69) is 0 Å². The molecule has 0 saturated heterocycles. The van der Waals surface area contributed by atoms with Crippen molar-refractivity contribution >= 4 is 11.6 Å². The van der Waals surface area contributed by atoms with Crippen molar-refractivity contribution in [3.05, 3.63) is 58.7 Å². The van der Waals surface area contributed by atoms with Gasteiger partial charge in [-0.3, -0.25) is 9.59 Å². The van der Waals surface area contributed by atoms with E-state index in [4.69, 9.17) is 0 Å². The number of aromatic hydroxyl groups is 2. The van der Waals surface area contributed by atoms with Crippen LogP contribution in [0.1, 0.15) is 44.7 Å². The van der Waals surface area contributed by atoms with E-state index in [0.717, 1.165) is 0 Å². The Kier molecular flexibility index (Phi) is 2.15. The number of hydrogen-bond donors (Lipinski definition) is 2. The number of Topliss-reactive ketones (excluding diaryl/α,β-unsaturated/α-hetero) is 2. The summed E-state index contributed by atoms with van der Waals surface area (Å²) in [7, 11) is 0. The molecule has 2 aliphatic carbocycles. The maximum absolute atomic E-state index is 12.3. The van der Waals surface area contributed by atoms with E-state index in [-0.39, 0.29) is 35.9 Å². The zero-order valence-corrected chi connectivity index (χ0v) is 11.1. The SMILES string of the molecule is O=C1CC2(CC(=O)c3cccc(O)c32)c2c(O)cccc21. The zero-order valence-electron chi connectivity index (χ0n) is 11.1. The lowest BCUT2D eigenvalue weighted by atomic mass is 9.76. The molecular weight excluding hydrogens is 268 g/mol. The number of carbonyl (C=O) groups excluding carboxylic acids is 2. The van der Waals surface area contributed by atoms with Crippen LogP contribution in [0.3, 0.4) is 0 Å². The molecule has 2 N–H and O–H groups in total. The fraction of sp³-hybridized carbons (Fsp3) is 0.176. The topological polar surface area (TPSA) is 74.6 Å². The first kappa shape index (κ1) is 12.1. The molecule has 1 spiro atoms. The summed E-state index contributed by atoms with van der Waals surface area (Å²) in [6, 6.07) is 9.59. The van der Waals surface area contributed by atoms with Crippen LogP contribution in [0.4, 0.5) is 0 Å². The molecule has 0 atom stereocenters. The van der Waals surface area contributed by atoms with Gasteiger partial charge < -0.3 is 10.2 Å². The Morgan fingerprint density at radius 1 is 0.762 bits per heavy atom. The molecule has 0 radical (unpaired) electrons. The highest BCUT2D eigenvalue weighted by Gasteiger charge is 2.54. The summed E-state index contributed by atoms with van der Waals surface area (Å²) in [5.41, 5.74) is 0.917. The lowest BCUT2D eigenvalue weighted by molar-refractivity contribution is 0.0957. The summed E-state index contributed by atoms with van der Waals surface area (Å²) in [5, 5.41) is 20.5. The molecule has 0 amide bonds. The second-order valence-electron chi connectivity index (χ2n) is 5.68. The molecule has 0 saturated carbocycles. The van der Waals surface area contributed by atoms with E-state index < -0.39 is 5.41 Å². The summed E-state index contributed by atoms with van der Waals surface area (Å²) >= 11 is 0. The van der Waals surface area contributed by atoms with Gasteiger partial charge >= 0.3 is 0 Å². The smallest absolute Gasteiger partial charge is 0.164 e. The van der Waals surface area contributed by atoms with Crippen LogP contribution < -0.4 is 0 Å². The predicted octanol–water partition coefficient (Wildman–Crippen LogP) is 2.56. The van der Waals surface area contributed by atoms with Gasteiger partial charge in [0.15, 0.2) is 11.6 Å². The van der Waals surface area contributed by atoms with Gasteiger partial charge in [0.05, 0.1) is 0 Å². The largest absolute Gasteiger partial charge is 0.508 e. The van der Waals surface area contributed by atoms with Gasteiger partial charge in [0, 0.05) is 40.5 Å². The Hall–Kier alpha value is -2.62. The number of rotatable bonds is 0. The van der Waals surface area contributed by atoms with Gasteiger partial charge in [-0.15, -0.1) is 0 Å². The maximum Gasteiger partial charge on any atom is 0.164 e. The number of carbonyl (C=O) groups is 2.